The van der Waals surface area contributed by atoms with Gasteiger partial charge in [-0.3, -0.25) is 5.32 Å². The molecule has 1 unspecified atom stereocenters. The van der Waals surface area contributed by atoms with E-state index in [1.165, 1.54) is 13.0 Å². The molecule has 8 heteroatoms. The second-order valence-electron chi connectivity index (χ2n) is 6.22. The van der Waals surface area contributed by atoms with Gasteiger partial charge in [0.1, 0.15) is 6.61 Å². The van der Waals surface area contributed by atoms with Crippen molar-refractivity contribution in [2.75, 3.05) is 6.61 Å². The molecule has 30 heavy (non-hydrogen) atoms. The lowest BCUT2D eigenvalue weighted by atomic mass is 9.98. The Bertz CT molecular complexity index is 948. The Kier molecular flexibility index (Phi) is 7.48. The van der Waals surface area contributed by atoms with Gasteiger partial charge in [0.2, 0.25) is 0 Å². The molecule has 2 aromatic carbocycles. The van der Waals surface area contributed by atoms with Crippen LogP contribution in [0.2, 0.25) is 0 Å². The van der Waals surface area contributed by atoms with E-state index in [0.29, 0.717) is 11.1 Å². The third kappa shape index (κ3) is 5.54. The van der Waals surface area contributed by atoms with Gasteiger partial charge in [0.25, 0.3) is 5.54 Å². The fourth-order valence-electron chi connectivity index (χ4n) is 2.42. The molecule has 158 valence electrons. The quantitative estimate of drug-likeness (QED) is 0.585. The second-order valence-corrected chi connectivity index (χ2v) is 6.22. The van der Waals surface area contributed by atoms with E-state index >= 15 is 0 Å². The highest BCUT2D eigenvalue weighted by molar-refractivity contribution is 5.91. The van der Waals surface area contributed by atoms with E-state index in [0.717, 1.165) is 0 Å². The van der Waals surface area contributed by atoms with E-state index in [-0.39, 0.29) is 18.8 Å². The molecule has 0 fully saturated rings. The number of hydrogen-bond acceptors (Lipinski definition) is 4. The van der Waals surface area contributed by atoms with Crippen molar-refractivity contribution in [1.82, 2.24) is 5.32 Å². The van der Waals surface area contributed by atoms with Gasteiger partial charge in [0.05, 0.1) is 6.61 Å². The van der Waals surface area contributed by atoms with Crippen LogP contribution >= 0.6 is 0 Å². The summed E-state index contributed by atoms with van der Waals surface area (Å²) in [4.78, 5) is 24.5. The number of hydrogen-bond donors (Lipinski definition) is 1. The topological polar surface area (TPSA) is 64.6 Å². The lowest BCUT2D eigenvalue weighted by Crippen LogP contribution is -2.63. The number of amides is 1. The van der Waals surface area contributed by atoms with Crippen molar-refractivity contribution in [3.8, 4) is 11.8 Å². The Morgan fingerprint density at radius 2 is 1.63 bits per heavy atom. The Morgan fingerprint density at radius 3 is 2.23 bits per heavy atom. The van der Waals surface area contributed by atoms with Gasteiger partial charge in [0.15, 0.2) is 0 Å². The van der Waals surface area contributed by atoms with Crippen molar-refractivity contribution in [3.63, 3.8) is 0 Å². The van der Waals surface area contributed by atoms with Crippen molar-refractivity contribution in [2.24, 2.45) is 0 Å². The number of carbonyl (C=O) groups excluding carboxylic acids is 2. The first-order chi connectivity index (χ1) is 14.2. The number of benzene rings is 2. The molecule has 1 amide bonds. The number of halogens is 3. The van der Waals surface area contributed by atoms with Gasteiger partial charge in [-0.05, 0) is 37.0 Å². The van der Waals surface area contributed by atoms with Crippen molar-refractivity contribution in [3.05, 3.63) is 71.3 Å². The van der Waals surface area contributed by atoms with Gasteiger partial charge in [-0.15, -0.1) is 0 Å². The second kappa shape index (κ2) is 9.83. The van der Waals surface area contributed by atoms with E-state index in [1.807, 2.05) is 5.92 Å². The zero-order valence-corrected chi connectivity index (χ0v) is 16.4. The van der Waals surface area contributed by atoms with E-state index < -0.39 is 23.8 Å². The van der Waals surface area contributed by atoms with E-state index in [1.54, 1.807) is 60.8 Å². The zero-order valence-electron chi connectivity index (χ0n) is 16.4. The molecule has 0 saturated heterocycles. The smallest absolute Gasteiger partial charge is 0.434 e. The number of ether oxygens (including phenoxy) is 2. The van der Waals surface area contributed by atoms with E-state index in [4.69, 9.17) is 4.74 Å². The number of aryl methyl sites for hydroxylation is 1. The summed E-state index contributed by atoms with van der Waals surface area (Å²) in [5.74, 6) is 2.48. The van der Waals surface area contributed by atoms with Crippen LogP contribution in [0.15, 0.2) is 54.6 Å². The fourth-order valence-corrected chi connectivity index (χ4v) is 2.42. The molecule has 0 saturated carbocycles. The standard InChI is InChI=1S/C22H20F3NO4/c1-3-29-19(27)21(22(23,24)25,14-13-18-12-8-7-9-16(18)2)26-20(28)30-15-17-10-5-4-6-11-17/h4-12H,3,15H2,1-2H3,(H,26,28). The summed E-state index contributed by atoms with van der Waals surface area (Å²) in [5.41, 5.74) is -2.14. The van der Waals surface area contributed by atoms with Gasteiger partial charge in [0, 0.05) is 5.56 Å². The molecule has 5 nitrogen and oxygen atoms in total. The van der Waals surface area contributed by atoms with Crippen LogP contribution < -0.4 is 5.32 Å². The van der Waals surface area contributed by atoms with Gasteiger partial charge in [-0.25, -0.2) is 9.59 Å². The van der Waals surface area contributed by atoms with Crippen LogP contribution in [0.1, 0.15) is 23.6 Å². The Hall–Kier alpha value is -3.47. The Labute approximate surface area is 172 Å². The lowest BCUT2D eigenvalue weighted by Gasteiger charge is -2.29. The average Bonchev–Trinajstić information content (AvgIpc) is 2.70. The number of alkyl halides is 3. The first kappa shape index (κ1) is 22.8. The summed E-state index contributed by atoms with van der Waals surface area (Å²) in [6.07, 6.45) is -6.72. The summed E-state index contributed by atoms with van der Waals surface area (Å²) in [6, 6.07) is 14.8. The summed E-state index contributed by atoms with van der Waals surface area (Å²) in [6.45, 7) is 2.39. The van der Waals surface area contributed by atoms with Crippen molar-refractivity contribution in [1.29, 1.82) is 0 Å². The lowest BCUT2D eigenvalue weighted by molar-refractivity contribution is -0.198. The maximum Gasteiger partial charge on any atom is 0.434 e. The first-order valence-electron chi connectivity index (χ1n) is 9.01. The molecule has 0 aromatic heterocycles. The molecule has 0 radical (unpaired) electrons. The van der Waals surface area contributed by atoms with Crippen molar-refractivity contribution in [2.45, 2.75) is 32.2 Å². The number of nitrogens with one attached hydrogen (secondary N) is 1. The minimum Gasteiger partial charge on any atom is -0.463 e. The summed E-state index contributed by atoms with van der Waals surface area (Å²) in [7, 11) is 0. The molecule has 2 aromatic rings. The predicted octanol–water partition coefficient (Wildman–Crippen LogP) is 4.14. The highest BCUT2D eigenvalue weighted by Crippen LogP contribution is 2.32. The Balaban J connectivity index is 2.38. The summed E-state index contributed by atoms with van der Waals surface area (Å²) in [5, 5.41) is 1.58. The third-order valence-corrected chi connectivity index (χ3v) is 4.04. The highest BCUT2D eigenvalue weighted by atomic mass is 19.4. The maximum atomic E-state index is 14.0. The molecule has 1 atom stereocenters. The monoisotopic (exact) mass is 419 g/mol. The number of carbonyl (C=O) groups is 2. The largest absolute Gasteiger partial charge is 0.463 e. The molecular weight excluding hydrogens is 399 g/mol. The van der Waals surface area contributed by atoms with Crippen LogP contribution in [0, 0.1) is 18.8 Å². The molecule has 0 aliphatic carbocycles. The van der Waals surface area contributed by atoms with Crippen molar-refractivity contribution >= 4 is 12.1 Å². The third-order valence-electron chi connectivity index (χ3n) is 4.04. The minimum atomic E-state index is -5.26. The maximum absolute atomic E-state index is 14.0. The molecule has 0 spiro atoms. The van der Waals surface area contributed by atoms with Crippen LogP contribution in [-0.2, 0) is 20.9 Å². The zero-order chi connectivity index (χ0) is 22.2. The van der Waals surface area contributed by atoms with Gasteiger partial charge in [-0.1, -0.05) is 54.5 Å². The normalized spacial score (nSPS) is 12.7. The fraction of sp³-hybridized carbons (Fsp3) is 0.273. The summed E-state index contributed by atoms with van der Waals surface area (Å²) < 4.78 is 51.4. The first-order valence-corrected chi connectivity index (χ1v) is 9.01. The minimum absolute atomic E-state index is 0.273. The molecular formula is C22H20F3NO4. The van der Waals surface area contributed by atoms with Crippen LogP contribution in [0.3, 0.4) is 0 Å². The van der Waals surface area contributed by atoms with Gasteiger partial charge in [-0.2, -0.15) is 13.2 Å². The van der Waals surface area contributed by atoms with Crippen LogP contribution in [0.4, 0.5) is 18.0 Å². The average molecular weight is 419 g/mol. The molecule has 0 aliphatic rings. The summed E-state index contributed by atoms with van der Waals surface area (Å²) >= 11 is 0. The molecule has 0 heterocycles. The number of alkyl carbamates (subject to hydrolysis) is 1. The van der Waals surface area contributed by atoms with Gasteiger partial charge < -0.3 is 9.47 Å². The van der Waals surface area contributed by atoms with Crippen LogP contribution in [0.5, 0.6) is 0 Å². The number of esters is 1. The number of rotatable bonds is 5. The van der Waals surface area contributed by atoms with Gasteiger partial charge >= 0.3 is 18.2 Å². The van der Waals surface area contributed by atoms with Crippen molar-refractivity contribution < 1.29 is 32.2 Å². The molecule has 0 aliphatic heterocycles. The SMILES string of the molecule is CCOC(=O)C(C#Cc1ccccc1C)(NC(=O)OCc1ccccc1)C(F)(F)F. The van der Waals surface area contributed by atoms with E-state index in [2.05, 4.69) is 10.7 Å². The van der Waals surface area contributed by atoms with Crippen LogP contribution in [0.25, 0.3) is 0 Å². The van der Waals surface area contributed by atoms with Crippen LogP contribution in [-0.4, -0.2) is 30.4 Å². The molecule has 1 N–H and O–H groups in total. The predicted molar refractivity (Wildman–Crippen MR) is 103 cm³/mol. The Morgan fingerprint density at radius 1 is 1.00 bits per heavy atom. The highest BCUT2D eigenvalue weighted by Gasteiger charge is 2.63. The molecule has 2 rings (SSSR count). The molecule has 0 bridgehead atoms. The van der Waals surface area contributed by atoms with E-state index in [9.17, 15) is 22.8 Å².